The van der Waals surface area contributed by atoms with Gasteiger partial charge in [-0.25, -0.2) is 0 Å². The van der Waals surface area contributed by atoms with Crippen LogP contribution in [0.15, 0.2) is 18.2 Å². The predicted molar refractivity (Wildman–Crippen MR) is 58.0 cm³/mol. The van der Waals surface area contributed by atoms with Crippen LogP contribution in [-0.2, 0) is 4.74 Å². The standard InChI is InChI=1S/C10H10ClNO4/c1-10(6-16-10)5-15-9-3-2-7(11)4-8(9)12(13)14/h2-4H,5-6H2,1H3. The zero-order valence-corrected chi connectivity index (χ0v) is 9.36. The summed E-state index contributed by atoms with van der Waals surface area (Å²) in [4.78, 5) is 10.2. The largest absolute Gasteiger partial charge is 0.484 e. The first-order chi connectivity index (χ1) is 7.50. The fraction of sp³-hybridized carbons (Fsp3) is 0.400. The van der Waals surface area contributed by atoms with Gasteiger partial charge in [0.15, 0.2) is 5.75 Å². The molecule has 1 heterocycles. The van der Waals surface area contributed by atoms with E-state index in [2.05, 4.69) is 0 Å². The zero-order chi connectivity index (χ0) is 11.8. The molecule has 0 radical (unpaired) electrons. The molecule has 0 N–H and O–H groups in total. The average Bonchev–Trinajstić information content (AvgIpc) is 2.95. The van der Waals surface area contributed by atoms with Crippen LogP contribution >= 0.6 is 11.6 Å². The molecule has 1 atom stereocenters. The third kappa shape index (κ3) is 2.43. The lowest BCUT2D eigenvalue weighted by Gasteiger charge is -2.08. The number of nitrogens with zero attached hydrogens (tertiary/aromatic N) is 1. The highest BCUT2D eigenvalue weighted by molar-refractivity contribution is 6.30. The van der Waals surface area contributed by atoms with Gasteiger partial charge in [-0.15, -0.1) is 0 Å². The van der Waals surface area contributed by atoms with Crippen LogP contribution in [0.1, 0.15) is 6.92 Å². The molecule has 2 rings (SSSR count). The summed E-state index contributed by atoms with van der Waals surface area (Å²) >= 11 is 5.68. The van der Waals surface area contributed by atoms with Crippen LogP contribution in [0.25, 0.3) is 0 Å². The molecule has 0 saturated carbocycles. The highest BCUT2D eigenvalue weighted by atomic mass is 35.5. The molecule has 0 spiro atoms. The summed E-state index contributed by atoms with van der Waals surface area (Å²) in [6.45, 7) is 2.80. The SMILES string of the molecule is CC1(COc2ccc(Cl)cc2[N+](=O)[O-])CO1. The molecule has 5 nitrogen and oxygen atoms in total. The topological polar surface area (TPSA) is 64.9 Å². The summed E-state index contributed by atoms with van der Waals surface area (Å²) in [5.41, 5.74) is -0.426. The Labute approximate surface area is 97.1 Å². The van der Waals surface area contributed by atoms with E-state index in [1.807, 2.05) is 6.92 Å². The molecule has 1 unspecified atom stereocenters. The second-order valence-electron chi connectivity index (χ2n) is 3.90. The van der Waals surface area contributed by atoms with Crippen molar-refractivity contribution >= 4 is 17.3 Å². The second kappa shape index (κ2) is 3.92. The van der Waals surface area contributed by atoms with E-state index in [0.717, 1.165) is 0 Å². The molecule has 1 aliphatic rings. The number of hydrogen-bond donors (Lipinski definition) is 0. The van der Waals surface area contributed by atoms with Crippen molar-refractivity contribution in [1.82, 2.24) is 0 Å². The van der Waals surface area contributed by atoms with Crippen molar-refractivity contribution in [3.05, 3.63) is 33.3 Å². The first-order valence-electron chi connectivity index (χ1n) is 4.71. The fourth-order valence-electron chi connectivity index (χ4n) is 1.19. The quantitative estimate of drug-likeness (QED) is 0.463. The van der Waals surface area contributed by atoms with Crippen LogP contribution < -0.4 is 4.74 Å². The molecule has 0 aromatic heterocycles. The number of rotatable bonds is 4. The molecule has 1 aromatic rings. The van der Waals surface area contributed by atoms with E-state index < -0.39 is 4.92 Å². The summed E-state index contributed by atoms with van der Waals surface area (Å²) in [7, 11) is 0. The maximum absolute atomic E-state index is 10.7. The summed E-state index contributed by atoms with van der Waals surface area (Å²) in [6.07, 6.45) is 0. The Morgan fingerprint density at radius 1 is 1.69 bits per heavy atom. The van der Waals surface area contributed by atoms with Gasteiger partial charge in [0.2, 0.25) is 0 Å². The highest BCUT2D eigenvalue weighted by Crippen LogP contribution is 2.32. The third-order valence-corrected chi connectivity index (χ3v) is 2.52. The maximum Gasteiger partial charge on any atom is 0.312 e. The Bertz CT molecular complexity index is 431. The number of nitro groups is 1. The van der Waals surface area contributed by atoms with Gasteiger partial charge >= 0.3 is 5.69 Å². The lowest BCUT2D eigenvalue weighted by molar-refractivity contribution is -0.385. The highest BCUT2D eigenvalue weighted by Gasteiger charge is 2.40. The van der Waals surface area contributed by atoms with E-state index in [1.165, 1.54) is 12.1 Å². The van der Waals surface area contributed by atoms with Crippen LogP contribution in [0.2, 0.25) is 5.02 Å². The van der Waals surface area contributed by atoms with Crippen molar-refractivity contribution in [3.63, 3.8) is 0 Å². The van der Waals surface area contributed by atoms with Crippen LogP contribution in [0.4, 0.5) is 5.69 Å². The van der Waals surface area contributed by atoms with Gasteiger partial charge in [0.25, 0.3) is 0 Å². The van der Waals surface area contributed by atoms with E-state index in [-0.39, 0.29) is 17.0 Å². The van der Waals surface area contributed by atoms with E-state index in [4.69, 9.17) is 21.1 Å². The van der Waals surface area contributed by atoms with Crippen molar-refractivity contribution < 1.29 is 14.4 Å². The fourth-order valence-corrected chi connectivity index (χ4v) is 1.36. The van der Waals surface area contributed by atoms with Gasteiger partial charge in [-0.05, 0) is 19.1 Å². The van der Waals surface area contributed by atoms with Crippen molar-refractivity contribution in [2.75, 3.05) is 13.2 Å². The average molecular weight is 244 g/mol. The first kappa shape index (κ1) is 11.2. The molecule has 1 saturated heterocycles. The Balaban J connectivity index is 2.15. The van der Waals surface area contributed by atoms with E-state index in [0.29, 0.717) is 18.2 Å². The van der Waals surface area contributed by atoms with Crippen LogP contribution in [0.3, 0.4) is 0 Å². The predicted octanol–water partition coefficient (Wildman–Crippen LogP) is 2.42. The molecule has 0 bridgehead atoms. The van der Waals surface area contributed by atoms with E-state index >= 15 is 0 Å². The number of epoxide rings is 1. The minimum atomic E-state index is -0.517. The molecule has 86 valence electrons. The lowest BCUT2D eigenvalue weighted by atomic mass is 10.2. The number of benzene rings is 1. The van der Waals surface area contributed by atoms with Gasteiger partial charge in [0, 0.05) is 11.1 Å². The monoisotopic (exact) mass is 243 g/mol. The Kier molecular flexibility index (Phi) is 2.73. The number of ether oxygens (including phenoxy) is 2. The molecular formula is C10H10ClNO4. The number of halogens is 1. The smallest absolute Gasteiger partial charge is 0.312 e. The Morgan fingerprint density at radius 3 is 2.94 bits per heavy atom. The van der Waals surface area contributed by atoms with Crippen molar-refractivity contribution in [2.24, 2.45) is 0 Å². The van der Waals surface area contributed by atoms with Gasteiger partial charge in [-0.1, -0.05) is 11.6 Å². The van der Waals surface area contributed by atoms with E-state index in [9.17, 15) is 10.1 Å². The lowest BCUT2D eigenvalue weighted by Crippen LogP contribution is -2.17. The van der Waals surface area contributed by atoms with Crippen LogP contribution in [-0.4, -0.2) is 23.7 Å². The first-order valence-corrected chi connectivity index (χ1v) is 5.09. The van der Waals surface area contributed by atoms with Gasteiger partial charge in [0.1, 0.15) is 12.2 Å². The molecule has 1 aromatic carbocycles. The third-order valence-electron chi connectivity index (χ3n) is 2.29. The molecular weight excluding hydrogens is 234 g/mol. The summed E-state index contributed by atoms with van der Waals surface area (Å²) in [5, 5.41) is 11.1. The van der Waals surface area contributed by atoms with Gasteiger partial charge < -0.3 is 9.47 Å². The van der Waals surface area contributed by atoms with Crippen molar-refractivity contribution in [2.45, 2.75) is 12.5 Å². The molecule has 0 aliphatic carbocycles. The van der Waals surface area contributed by atoms with Crippen molar-refractivity contribution in [1.29, 1.82) is 0 Å². The summed E-state index contributed by atoms with van der Waals surface area (Å²) in [5.74, 6) is 0.214. The molecule has 6 heteroatoms. The van der Waals surface area contributed by atoms with Crippen LogP contribution in [0.5, 0.6) is 5.75 Å². The van der Waals surface area contributed by atoms with Gasteiger partial charge in [0.05, 0.1) is 11.5 Å². The normalized spacial score (nSPS) is 22.9. The minimum absolute atomic E-state index is 0.128. The van der Waals surface area contributed by atoms with Crippen LogP contribution in [0, 0.1) is 10.1 Å². The van der Waals surface area contributed by atoms with Gasteiger partial charge in [-0.2, -0.15) is 0 Å². The number of hydrogen-bond acceptors (Lipinski definition) is 4. The molecule has 0 amide bonds. The van der Waals surface area contributed by atoms with E-state index in [1.54, 1.807) is 6.07 Å². The Hall–Kier alpha value is -1.33. The molecule has 1 fully saturated rings. The van der Waals surface area contributed by atoms with Crippen molar-refractivity contribution in [3.8, 4) is 5.75 Å². The summed E-state index contributed by atoms with van der Waals surface area (Å²) < 4.78 is 10.5. The minimum Gasteiger partial charge on any atom is -0.484 e. The molecule has 16 heavy (non-hydrogen) atoms. The number of nitro benzene ring substituents is 1. The van der Waals surface area contributed by atoms with Gasteiger partial charge in [-0.3, -0.25) is 10.1 Å². The molecule has 1 aliphatic heterocycles. The zero-order valence-electron chi connectivity index (χ0n) is 8.60. The maximum atomic E-state index is 10.7. The second-order valence-corrected chi connectivity index (χ2v) is 4.33. The summed E-state index contributed by atoms with van der Waals surface area (Å²) in [6, 6.07) is 4.32. The Morgan fingerprint density at radius 2 is 2.38 bits per heavy atom.